The Bertz CT molecular complexity index is 948. The number of nitrogens with one attached hydrogen (secondary N) is 1. The van der Waals surface area contributed by atoms with Crippen molar-refractivity contribution in [2.75, 3.05) is 0 Å². The van der Waals surface area contributed by atoms with Gasteiger partial charge in [0.05, 0.1) is 6.61 Å². The van der Waals surface area contributed by atoms with Gasteiger partial charge in [-0.2, -0.15) is 0 Å². The summed E-state index contributed by atoms with van der Waals surface area (Å²) >= 11 is 0. The minimum atomic E-state index is -0.692. The molecular weight excluding hydrogens is 406 g/mol. The Morgan fingerprint density at radius 2 is 1.12 bits per heavy atom. The normalized spacial score (nSPS) is 11.4. The molecule has 0 bridgehead atoms. The molecule has 0 radical (unpaired) electrons. The van der Waals surface area contributed by atoms with Gasteiger partial charge in [0.2, 0.25) is 0 Å². The summed E-state index contributed by atoms with van der Waals surface area (Å²) in [5, 5.41) is 2.70. The van der Waals surface area contributed by atoms with Crippen molar-refractivity contribution in [2.24, 2.45) is 0 Å². The first-order valence-electron chi connectivity index (χ1n) is 10.5. The van der Waals surface area contributed by atoms with Crippen molar-refractivity contribution in [3.63, 3.8) is 0 Å². The number of ether oxygens (including phenoxy) is 3. The van der Waals surface area contributed by atoms with Gasteiger partial charge in [-0.3, -0.25) is 10.1 Å². The highest BCUT2D eigenvalue weighted by Crippen LogP contribution is 2.09. The number of hydrogen-bond donors (Lipinski definition) is 1. The Kier molecular flexibility index (Phi) is 9.30. The summed E-state index contributed by atoms with van der Waals surface area (Å²) in [4.78, 5) is 24.4. The Hall–Kier alpha value is -3.64. The third-order valence-corrected chi connectivity index (χ3v) is 4.64. The van der Waals surface area contributed by atoms with E-state index in [-0.39, 0.29) is 32.0 Å². The molecule has 166 valence electrons. The van der Waals surface area contributed by atoms with Crippen LogP contribution in [0.3, 0.4) is 0 Å². The van der Waals surface area contributed by atoms with Crippen LogP contribution in [0.2, 0.25) is 0 Å². The van der Waals surface area contributed by atoms with Crippen molar-refractivity contribution >= 4 is 12.1 Å². The topological polar surface area (TPSA) is 73.9 Å². The van der Waals surface area contributed by atoms with Crippen LogP contribution in [0.15, 0.2) is 91.0 Å². The van der Waals surface area contributed by atoms with Crippen molar-refractivity contribution in [3.8, 4) is 0 Å². The fraction of sp³-hybridized carbons (Fsp3) is 0.231. The molecule has 0 heterocycles. The molecule has 6 heteroatoms. The van der Waals surface area contributed by atoms with E-state index in [9.17, 15) is 9.59 Å². The first kappa shape index (κ1) is 23.0. The number of amides is 1. The van der Waals surface area contributed by atoms with Crippen LogP contribution in [0.4, 0.5) is 4.79 Å². The second-order valence-corrected chi connectivity index (χ2v) is 7.18. The predicted molar refractivity (Wildman–Crippen MR) is 120 cm³/mol. The van der Waals surface area contributed by atoms with Crippen LogP contribution < -0.4 is 5.32 Å². The first-order chi connectivity index (χ1) is 15.7. The van der Waals surface area contributed by atoms with Gasteiger partial charge >= 0.3 is 12.1 Å². The third kappa shape index (κ3) is 8.62. The lowest BCUT2D eigenvalue weighted by atomic mass is 10.2. The molecule has 0 spiro atoms. The van der Waals surface area contributed by atoms with Crippen LogP contribution in [-0.2, 0) is 38.8 Å². The Morgan fingerprint density at radius 3 is 1.66 bits per heavy atom. The van der Waals surface area contributed by atoms with E-state index in [4.69, 9.17) is 14.2 Å². The molecule has 0 unspecified atom stereocenters. The second kappa shape index (κ2) is 12.9. The molecule has 3 aromatic rings. The summed E-state index contributed by atoms with van der Waals surface area (Å²) in [6.07, 6.45) is -0.932. The smallest absolute Gasteiger partial charge is 0.409 e. The van der Waals surface area contributed by atoms with Crippen LogP contribution >= 0.6 is 0 Å². The summed E-state index contributed by atoms with van der Waals surface area (Å²) in [7, 11) is 0. The molecule has 1 amide bonds. The van der Waals surface area contributed by atoms with Crippen molar-refractivity contribution in [1.82, 2.24) is 5.32 Å². The SMILES string of the molecule is O=C(CC[C@@H](NC(=O)OCc1ccccc1)OCc1ccccc1)OCc1ccccc1. The zero-order valence-electron chi connectivity index (χ0n) is 17.8. The molecule has 0 saturated heterocycles. The van der Waals surface area contributed by atoms with E-state index in [1.807, 2.05) is 91.0 Å². The van der Waals surface area contributed by atoms with Crippen LogP contribution in [0.1, 0.15) is 29.5 Å². The molecule has 6 nitrogen and oxygen atoms in total. The highest BCUT2D eigenvalue weighted by atomic mass is 16.6. The fourth-order valence-corrected chi connectivity index (χ4v) is 2.92. The van der Waals surface area contributed by atoms with Gasteiger partial charge in [-0.25, -0.2) is 4.79 Å². The number of carbonyl (C=O) groups is 2. The lowest BCUT2D eigenvalue weighted by Gasteiger charge is -2.19. The van der Waals surface area contributed by atoms with Gasteiger partial charge in [0.25, 0.3) is 0 Å². The zero-order chi connectivity index (χ0) is 22.4. The summed E-state index contributed by atoms with van der Waals surface area (Å²) in [6.45, 7) is 0.655. The number of rotatable bonds is 11. The van der Waals surface area contributed by atoms with Gasteiger partial charge in [0, 0.05) is 12.8 Å². The fourth-order valence-electron chi connectivity index (χ4n) is 2.92. The van der Waals surface area contributed by atoms with Gasteiger partial charge in [-0.05, 0) is 16.7 Å². The van der Waals surface area contributed by atoms with Crippen LogP contribution in [0, 0.1) is 0 Å². The molecule has 0 saturated carbocycles. The van der Waals surface area contributed by atoms with E-state index in [0.717, 1.165) is 16.7 Å². The number of benzene rings is 3. The van der Waals surface area contributed by atoms with E-state index < -0.39 is 12.3 Å². The maximum Gasteiger partial charge on any atom is 0.409 e. The lowest BCUT2D eigenvalue weighted by Crippen LogP contribution is -2.37. The highest BCUT2D eigenvalue weighted by molar-refractivity contribution is 5.70. The summed E-state index contributed by atoms with van der Waals surface area (Å²) in [5.74, 6) is -0.360. The van der Waals surface area contributed by atoms with E-state index in [1.54, 1.807) is 0 Å². The van der Waals surface area contributed by atoms with Gasteiger partial charge in [-0.15, -0.1) is 0 Å². The first-order valence-corrected chi connectivity index (χ1v) is 10.5. The van der Waals surface area contributed by atoms with Gasteiger partial charge < -0.3 is 14.2 Å². The molecule has 3 aromatic carbocycles. The standard InChI is InChI=1S/C26H27NO5/c28-25(31-19-22-12-6-2-7-13-22)17-16-24(30-18-21-10-4-1-5-11-21)27-26(29)32-20-23-14-8-3-9-15-23/h1-15,24H,16-20H2,(H,27,29)/t24-/m0/s1. The van der Waals surface area contributed by atoms with Crippen molar-refractivity contribution in [1.29, 1.82) is 0 Å². The molecule has 0 aliphatic rings. The number of carbonyl (C=O) groups excluding carboxylic acids is 2. The summed E-state index contributed by atoms with van der Waals surface area (Å²) in [6, 6.07) is 28.5. The number of esters is 1. The maximum atomic E-state index is 12.3. The van der Waals surface area contributed by atoms with Crippen LogP contribution in [-0.4, -0.2) is 18.3 Å². The third-order valence-electron chi connectivity index (χ3n) is 4.64. The zero-order valence-corrected chi connectivity index (χ0v) is 17.8. The monoisotopic (exact) mass is 433 g/mol. The molecule has 1 atom stereocenters. The number of alkyl carbamates (subject to hydrolysis) is 1. The van der Waals surface area contributed by atoms with Crippen molar-refractivity contribution in [3.05, 3.63) is 108 Å². The Morgan fingerprint density at radius 1 is 0.656 bits per heavy atom. The highest BCUT2D eigenvalue weighted by Gasteiger charge is 2.17. The molecule has 0 aromatic heterocycles. The van der Waals surface area contributed by atoms with Crippen LogP contribution in [0.5, 0.6) is 0 Å². The largest absolute Gasteiger partial charge is 0.461 e. The van der Waals surface area contributed by atoms with Gasteiger partial charge in [0.1, 0.15) is 19.4 Å². The molecular formula is C26H27NO5. The number of hydrogen-bond acceptors (Lipinski definition) is 5. The minimum absolute atomic E-state index is 0.102. The predicted octanol–water partition coefficient (Wildman–Crippen LogP) is 4.98. The van der Waals surface area contributed by atoms with E-state index in [0.29, 0.717) is 6.61 Å². The van der Waals surface area contributed by atoms with Gasteiger partial charge in [0.15, 0.2) is 0 Å². The van der Waals surface area contributed by atoms with Gasteiger partial charge in [-0.1, -0.05) is 91.0 Å². The van der Waals surface area contributed by atoms with Crippen molar-refractivity contribution in [2.45, 2.75) is 38.9 Å². The Balaban J connectivity index is 1.48. The van der Waals surface area contributed by atoms with E-state index in [2.05, 4.69) is 5.32 Å². The Labute approximate surface area is 188 Å². The summed E-state index contributed by atoms with van der Waals surface area (Å²) < 4.78 is 16.4. The average Bonchev–Trinajstić information content (AvgIpc) is 2.85. The molecule has 32 heavy (non-hydrogen) atoms. The molecule has 0 aliphatic carbocycles. The second-order valence-electron chi connectivity index (χ2n) is 7.18. The molecule has 3 rings (SSSR count). The maximum absolute atomic E-state index is 12.3. The van der Waals surface area contributed by atoms with E-state index in [1.165, 1.54) is 0 Å². The molecule has 1 N–H and O–H groups in total. The quantitative estimate of drug-likeness (QED) is 0.341. The minimum Gasteiger partial charge on any atom is -0.461 e. The lowest BCUT2D eigenvalue weighted by molar-refractivity contribution is -0.146. The molecule has 0 aliphatic heterocycles. The van der Waals surface area contributed by atoms with Crippen molar-refractivity contribution < 1.29 is 23.8 Å². The molecule has 0 fully saturated rings. The average molecular weight is 434 g/mol. The van der Waals surface area contributed by atoms with E-state index >= 15 is 0 Å². The van der Waals surface area contributed by atoms with Crippen LogP contribution in [0.25, 0.3) is 0 Å². The summed E-state index contributed by atoms with van der Waals surface area (Å²) in [5.41, 5.74) is 2.76.